The fourth-order valence-electron chi connectivity index (χ4n) is 1.18. The summed E-state index contributed by atoms with van der Waals surface area (Å²) in [6, 6.07) is -0.738. The van der Waals surface area contributed by atoms with Crippen molar-refractivity contribution in [3.63, 3.8) is 0 Å². The first-order valence-corrected chi connectivity index (χ1v) is 4.86. The molecule has 0 amide bonds. The Kier molecular flexibility index (Phi) is 1.89. The molecule has 6 heteroatoms. The van der Waals surface area contributed by atoms with Crippen LogP contribution in [0.15, 0.2) is 0 Å². The maximum atomic E-state index is 11.0. The third kappa shape index (κ3) is 1.36. The van der Waals surface area contributed by atoms with Crippen LogP contribution in [0.5, 0.6) is 0 Å². The molecule has 11 heavy (non-hydrogen) atoms. The van der Waals surface area contributed by atoms with E-state index in [9.17, 15) is 13.2 Å². The second kappa shape index (κ2) is 2.46. The Morgan fingerprint density at radius 2 is 2.09 bits per heavy atom. The smallest absolute Gasteiger partial charge is 0.323 e. The standard InChI is InChI=1S/C5H9NO4S/c6-3-1-2-11(9,10)4(3)5(7)8/h3-4H,1-2,6H2,(H,7,8)/t3-,4-/m1/s1. The Labute approximate surface area is 64.1 Å². The van der Waals surface area contributed by atoms with Crippen LogP contribution in [0.4, 0.5) is 0 Å². The number of aliphatic carboxylic acids is 1. The number of carbonyl (C=O) groups is 1. The number of carboxylic acids is 1. The number of carboxylic acid groups (broad SMARTS) is 1. The molecule has 1 saturated heterocycles. The summed E-state index contributed by atoms with van der Waals surface area (Å²) in [6.45, 7) is 0. The van der Waals surface area contributed by atoms with E-state index in [1.807, 2.05) is 0 Å². The molecule has 0 aromatic heterocycles. The number of sulfone groups is 1. The Balaban J connectivity index is 2.99. The third-order valence-electron chi connectivity index (χ3n) is 1.75. The van der Waals surface area contributed by atoms with Gasteiger partial charge in [-0.2, -0.15) is 0 Å². The molecule has 0 unspecified atom stereocenters. The van der Waals surface area contributed by atoms with Crippen LogP contribution >= 0.6 is 0 Å². The lowest BCUT2D eigenvalue weighted by molar-refractivity contribution is -0.136. The normalized spacial score (nSPS) is 35.4. The number of hydrogen-bond acceptors (Lipinski definition) is 4. The maximum absolute atomic E-state index is 11.0. The predicted octanol–water partition coefficient (Wildman–Crippen LogP) is -1.41. The SMILES string of the molecule is N[C@@H]1CCS(=O)(=O)[C@H]1C(=O)O. The highest BCUT2D eigenvalue weighted by Gasteiger charge is 2.43. The Morgan fingerprint density at radius 3 is 2.27 bits per heavy atom. The van der Waals surface area contributed by atoms with Crippen LogP contribution in [0.1, 0.15) is 6.42 Å². The molecule has 1 aliphatic rings. The lowest BCUT2D eigenvalue weighted by atomic mass is 10.2. The summed E-state index contributed by atoms with van der Waals surface area (Å²) >= 11 is 0. The molecule has 0 aliphatic carbocycles. The number of rotatable bonds is 1. The Morgan fingerprint density at radius 1 is 1.55 bits per heavy atom. The summed E-state index contributed by atoms with van der Waals surface area (Å²) in [6.07, 6.45) is 0.249. The zero-order chi connectivity index (χ0) is 8.65. The van der Waals surface area contributed by atoms with Crippen molar-refractivity contribution in [2.45, 2.75) is 17.7 Å². The van der Waals surface area contributed by atoms with E-state index in [-0.39, 0.29) is 12.2 Å². The molecule has 3 N–H and O–H groups in total. The van der Waals surface area contributed by atoms with Crippen LogP contribution < -0.4 is 5.73 Å². The average molecular weight is 179 g/mol. The fourth-order valence-corrected chi connectivity index (χ4v) is 3.01. The minimum absolute atomic E-state index is 0.106. The number of hydrogen-bond donors (Lipinski definition) is 2. The molecule has 0 radical (unpaired) electrons. The van der Waals surface area contributed by atoms with Gasteiger partial charge in [0, 0.05) is 6.04 Å². The number of nitrogens with two attached hydrogens (primary N) is 1. The van der Waals surface area contributed by atoms with E-state index in [0.717, 1.165) is 0 Å². The van der Waals surface area contributed by atoms with Crippen molar-refractivity contribution in [3.05, 3.63) is 0 Å². The van der Waals surface area contributed by atoms with Gasteiger partial charge in [-0.1, -0.05) is 0 Å². The zero-order valence-corrected chi connectivity index (χ0v) is 6.54. The van der Waals surface area contributed by atoms with E-state index in [1.54, 1.807) is 0 Å². The molecule has 1 fully saturated rings. The van der Waals surface area contributed by atoms with Gasteiger partial charge in [-0.3, -0.25) is 4.79 Å². The van der Waals surface area contributed by atoms with Gasteiger partial charge in [-0.15, -0.1) is 0 Å². The van der Waals surface area contributed by atoms with Crippen molar-refractivity contribution in [2.24, 2.45) is 5.73 Å². The minimum atomic E-state index is -3.46. The third-order valence-corrected chi connectivity index (χ3v) is 3.88. The molecule has 0 aromatic carbocycles. The first kappa shape index (κ1) is 8.48. The first-order chi connectivity index (χ1) is 4.95. The van der Waals surface area contributed by atoms with Crippen molar-refractivity contribution >= 4 is 15.8 Å². The summed E-state index contributed by atoms with van der Waals surface area (Å²) in [5.74, 6) is -1.44. The van der Waals surface area contributed by atoms with Gasteiger partial charge in [0.05, 0.1) is 5.75 Å². The zero-order valence-electron chi connectivity index (χ0n) is 5.73. The van der Waals surface area contributed by atoms with Gasteiger partial charge in [-0.25, -0.2) is 8.42 Å². The van der Waals surface area contributed by atoms with Crippen LogP contribution in [0, 0.1) is 0 Å². The van der Waals surface area contributed by atoms with Crippen LogP contribution in [0.25, 0.3) is 0 Å². The van der Waals surface area contributed by atoms with E-state index in [0.29, 0.717) is 0 Å². The highest BCUT2D eigenvalue weighted by Crippen LogP contribution is 2.18. The van der Waals surface area contributed by atoms with Crippen molar-refractivity contribution in [1.82, 2.24) is 0 Å². The fraction of sp³-hybridized carbons (Fsp3) is 0.800. The second-order valence-corrected chi connectivity index (χ2v) is 4.82. The van der Waals surface area contributed by atoms with Gasteiger partial charge in [0.2, 0.25) is 0 Å². The molecule has 1 aliphatic heterocycles. The van der Waals surface area contributed by atoms with Crippen LogP contribution in [0.2, 0.25) is 0 Å². The Hall–Kier alpha value is -0.620. The largest absolute Gasteiger partial charge is 0.480 e. The second-order valence-electron chi connectivity index (χ2n) is 2.58. The van der Waals surface area contributed by atoms with E-state index < -0.39 is 27.1 Å². The molecule has 0 saturated carbocycles. The molecule has 1 rings (SSSR count). The Bertz CT molecular complexity index is 270. The maximum Gasteiger partial charge on any atom is 0.323 e. The summed E-state index contributed by atoms with van der Waals surface area (Å²) in [4.78, 5) is 10.4. The molecule has 0 aromatic rings. The van der Waals surface area contributed by atoms with Crippen LogP contribution in [-0.4, -0.2) is 36.5 Å². The molecule has 2 atom stereocenters. The van der Waals surface area contributed by atoms with Crippen molar-refractivity contribution in [3.8, 4) is 0 Å². The van der Waals surface area contributed by atoms with Crippen LogP contribution in [0.3, 0.4) is 0 Å². The summed E-state index contributed by atoms with van der Waals surface area (Å²) in [7, 11) is -3.46. The lowest BCUT2D eigenvalue weighted by Gasteiger charge is -2.07. The molecule has 0 spiro atoms. The predicted molar refractivity (Wildman–Crippen MR) is 37.8 cm³/mol. The van der Waals surface area contributed by atoms with E-state index in [1.165, 1.54) is 0 Å². The van der Waals surface area contributed by atoms with Crippen molar-refractivity contribution < 1.29 is 18.3 Å². The molecule has 1 heterocycles. The van der Waals surface area contributed by atoms with Gasteiger partial charge in [-0.05, 0) is 6.42 Å². The molecular weight excluding hydrogens is 170 g/mol. The summed E-state index contributed by atoms with van der Waals surface area (Å²) in [5, 5.41) is 7.07. The first-order valence-electron chi connectivity index (χ1n) is 3.15. The highest BCUT2D eigenvalue weighted by atomic mass is 32.2. The highest BCUT2D eigenvalue weighted by molar-refractivity contribution is 7.93. The van der Waals surface area contributed by atoms with Gasteiger partial charge in [0.15, 0.2) is 15.1 Å². The minimum Gasteiger partial charge on any atom is -0.480 e. The van der Waals surface area contributed by atoms with Crippen molar-refractivity contribution in [2.75, 3.05) is 5.75 Å². The van der Waals surface area contributed by atoms with Crippen LogP contribution in [-0.2, 0) is 14.6 Å². The van der Waals surface area contributed by atoms with Gasteiger partial charge in [0.25, 0.3) is 0 Å². The monoisotopic (exact) mass is 179 g/mol. The van der Waals surface area contributed by atoms with Crippen molar-refractivity contribution in [1.29, 1.82) is 0 Å². The quantitative estimate of drug-likeness (QED) is 0.515. The molecule has 0 bridgehead atoms. The summed E-state index contributed by atoms with van der Waals surface area (Å²) < 4.78 is 21.9. The summed E-state index contributed by atoms with van der Waals surface area (Å²) in [5.41, 5.74) is 5.30. The molecular formula is C5H9NO4S. The topological polar surface area (TPSA) is 97.5 Å². The van der Waals surface area contributed by atoms with Gasteiger partial charge >= 0.3 is 5.97 Å². The molecule has 5 nitrogen and oxygen atoms in total. The lowest BCUT2D eigenvalue weighted by Crippen LogP contribution is -2.39. The van der Waals surface area contributed by atoms with E-state index in [4.69, 9.17) is 10.8 Å². The van der Waals surface area contributed by atoms with E-state index in [2.05, 4.69) is 0 Å². The van der Waals surface area contributed by atoms with Gasteiger partial charge in [0.1, 0.15) is 0 Å². The average Bonchev–Trinajstić information content (AvgIpc) is 2.06. The van der Waals surface area contributed by atoms with Gasteiger partial charge < -0.3 is 10.8 Å². The molecule has 64 valence electrons. The van der Waals surface area contributed by atoms with E-state index >= 15 is 0 Å².